The van der Waals surface area contributed by atoms with Gasteiger partial charge in [-0.15, -0.1) is 0 Å². The number of ether oxygens (including phenoxy) is 2. The zero-order valence-electron chi connectivity index (χ0n) is 8.53. The van der Waals surface area contributed by atoms with E-state index in [2.05, 4.69) is 27.3 Å². The van der Waals surface area contributed by atoms with Crippen LogP contribution in [0.3, 0.4) is 0 Å². The van der Waals surface area contributed by atoms with Crippen molar-refractivity contribution in [2.24, 2.45) is 0 Å². The Morgan fingerprint density at radius 2 is 1.93 bits per heavy atom. The van der Waals surface area contributed by atoms with Gasteiger partial charge in [0.15, 0.2) is 0 Å². The third kappa shape index (κ3) is 5.01. The first-order valence-corrected chi connectivity index (χ1v) is 5.84. The Kier molecular flexibility index (Phi) is 5.45. The second-order valence-electron chi connectivity index (χ2n) is 2.91. The van der Waals surface area contributed by atoms with E-state index in [4.69, 9.17) is 4.74 Å². The molecule has 0 saturated carbocycles. The summed E-state index contributed by atoms with van der Waals surface area (Å²) in [5.41, 5.74) is 1.15. The van der Waals surface area contributed by atoms with Crippen molar-refractivity contribution >= 4 is 28.7 Å². The lowest BCUT2D eigenvalue weighted by Gasteiger charge is -2.04. The first kappa shape index (κ1) is 12.3. The molecular weight excluding hydrogens is 307 g/mol. The fourth-order valence-electron chi connectivity index (χ4n) is 1.06. The highest BCUT2D eigenvalue weighted by Gasteiger charge is 2.01. The zero-order valence-corrected chi connectivity index (χ0v) is 10.7. The van der Waals surface area contributed by atoms with Crippen LogP contribution in [0.25, 0.3) is 0 Å². The molecule has 3 nitrogen and oxygen atoms in total. The van der Waals surface area contributed by atoms with E-state index in [0.29, 0.717) is 13.2 Å². The summed E-state index contributed by atoms with van der Waals surface area (Å²) in [6.45, 7) is 2.46. The second kappa shape index (κ2) is 6.66. The third-order valence-corrected chi connectivity index (χ3v) is 2.51. The number of hydrogen-bond acceptors (Lipinski definition) is 3. The average Bonchev–Trinajstić information content (AvgIpc) is 2.21. The predicted molar refractivity (Wildman–Crippen MR) is 65.8 cm³/mol. The van der Waals surface area contributed by atoms with Gasteiger partial charge in [-0.05, 0) is 47.2 Å². The molecular formula is C11H13IO3. The molecule has 0 spiro atoms. The number of benzene rings is 1. The maximum atomic E-state index is 10.8. The summed E-state index contributed by atoms with van der Waals surface area (Å²) >= 11 is 2.25. The zero-order chi connectivity index (χ0) is 11.1. The largest absolute Gasteiger partial charge is 0.508 e. The summed E-state index contributed by atoms with van der Waals surface area (Å²) < 4.78 is 10.7. The van der Waals surface area contributed by atoms with Crippen LogP contribution in [-0.4, -0.2) is 19.4 Å². The monoisotopic (exact) mass is 320 g/mol. The van der Waals surface area contributed by atoms with Crippen LogP contribution in [-0.2, 0) is 15.9 Å². The maximum absolute atomic E-state index is 10.8. The molecule has 0 atom stereocenters. The average molecular weight is 320 g/mol. The van der Waals surface area contributed by atoms with Gasteiger partial charge in [-0.3, -0.25) is 0 Å². The number of carbonyl (C=O) groups is 1. The molecule has 1 rings (SSSR count). The van der Waals surface area contributed by atoms with Crippen molar-refractivity contribution < 1.29 is 14.3 Å². The molecule has 0 aliphatic carbocycles. The Morgan fingerprint density at radius 1 is 1.27 bits per heavy atom. The minimum atomic E-state index is -0.594. The van der Waals surface area contributed by atoms with Crippen molar-refractivity contribution in [2.45, 2.75) is 13.3 Å². The third-order valence-electron chi connectivity index (χ3n) is 1.79. The normalized spacial score (nSPS) is 9.73. The summed E-state index contributed by atoms with van der Waals surface area (Å²) in [4.78, 5) is 10.8. The Labute approximate surface area is 103 Å². The molecule has 0 amide bonds. The minimum absolute atomic E-state index is 0.350. The fourth-order valence-corrected chi connectivity index (χ4v) is 1.42. The minimum Gasteiger partial charge on any atom is -0.435 e. The van der Waals surface area contributed by atoms with E-state index in [9.17, 15) is 4.79 Å². The standard InChI is InChI=1S/C11H13IO3/c1-2-14-11(13)15-8-7-9-3-5-10(12)6-4-9/h3-6H,2,7-8H2,1H3. The van der Waals surface area contributed by atoms with Crippen LogP contribution in [0.4, 0.5) is 4.79 Å². The SMILES string of the molecule is CCOC(=O)OCCc1ccc(I)cc1. The van der Waals surface area contributed by atoms with Gasteiger partial charge in [0.1, 0.15) is 0 Å². The van der Waals surface area contributed by atoms with Gasteiger partial charge in [0, 0.05) is 9.99 Å². The molecule has 0 aliphatic rings. The van der Waals surface area contributed by atoms with Crippen LogP contribution in [0.1, 0.15) is 12.5 Å². The van der Waals surface area contributed by atoms with Crippen molar-refractivity contribution in [2.75, 3.05) is 13.2 Å². The lowest BCUT2D eigenvalue weighted by Crippen LogP contribution is -2.09. The Hall–Kier alpha value is -0.780. The van der Waals surface area contributed by atoms with Gasteiger partial charge in [-0.1, -0.05) is 12.1 Å². The molecule has 4 heteroatoms. The number of hydrogen-bond donors (Lipinski definition) is 0. The number of rotatable bonds is 4. The lowest BCUT2D eigenvalue weighted by molar-refractivity contribution is 0.0599. The number of carbonyl (C=O) groups excluding carboxylic acids is 1. The van der Waals surface area contributed by atoms with Crippen LogP contribution in [0.15, 0.2) is 24.3 Å². The molecule has 15 heavy (non-hydrogen) atoms. The van der Waals surface area contributed by atoms with Gasteiger partial charge in [0.2, 0.25) is 0 Å². The van der Waals surface area contributed by atoms with E-state index >= 15 is 0 Å². The highest BCUT2D eigenvalue weighted by Crippen LogP contribution is 2.07. The first-order chi connectivity index (χ1) is 7.22. The highest BCUT2D eigenvalue weighted by molar-refractivity contribution is 14.1. The van der Waals surface area contributed by atoms with Crippen molar-refractivity contribution in [3.8, 4) is 0 Å². The van der Waals surface area contributed by atoms with Crippen LogP contribution in [0.5, 0.6) is 0 Å². The summed E-state index contributed by atoms with van der Waals surface area (Å²) in [5.74, 6) is 0. The molecule has 0 fully saturated rings. The quantitative estimate of drug-likeness (QED) is 0.632. The van der Waals surface area contributed by atoms with Crippen molar-refractivity contribution in [1.82, 2.24) is 0 Å². The van der Waals surface area contributed by atoms with Crippen LogP contribution < -0.4 is 0 Å². The van der Waals surface area contributed by atoms with E-state index in [-0.39, 0.29) is 0 Å². The van der Waals surface area contributed by atoms with Gasteiger partial charge in [-0.2, -0.15) is 0 Å². The molecule has 0 radical (unpaired) electrons. The smallest absolute Gasteiger partial charge is 0.435 e. The van der Waals surface area contributed by atoms with E-state index in [0.717, 1.165) is 12.0 Å². The Bertz CT molecular complexity index is 308. The summed E-state index contributed by atoms with van der Waals surface area (Å²) in [5, 5.41) is 0. The maximum Gasteiger partial charge on any atom is 0.508 e. The van der Waals surface area contributed by atoms with Crippen molar-refractivity contribution in [3.05, 3.63) is 33.4 Å². The summed E-state index contributed by atoms with van der Waals surface area (Å²) in [6, 6.07) is 8.10. The van der Waals surface area contributed by atoms with Crippen LogP contribution >= 0.6 is 22.6 Å². The van der Waals surface area contributed by atoms with E-state index in [1.54, 1.807) is 6.92 Å². The first-order valence-electron chi connectivity index (χ1n) is 4.76. The fraction of sp³-hybridized carbons (Fsp3) is 0.364. The summed E-state index contributed by atoms with van der Waals surface area (Å²) in [7, 11) is 0. The summed E-state index contributed by atoms with van der Waals surface area (Å²) in [6.07, 6.45) is 0.124. The molecule has 82 valence electrons. The molecule has 0 bridgehead atoms. The van der Waals surface area contributed by atoms with Gasteiger partial charge in [0.25, 0.3) is 0 Å². The molecule has 0 N–H and O–H groups in total. The molecule has 0 aliphatic heterocycles. The Morgan fingerprint density at radius 3 is 2.53 bits per heavy atom. The van der Waals surface area contributed by atoms with Crippen molar-refractivity contribution in [3.63, 3.8) is 0 Å². The van der Waals surface area contributed by atoms with Gasteiger partial charge < -0.3 is 9.47 Å². The van der Waals surface area contributed by atoms with Crippen molar-refractivity contribution in [1.29, 1.82) is 0 Å². The topological polar surface area (TPSA) is 35.5 Å². The van der Waals surface area contributed by atoms with Gasteiger partial charge >= 0.3 is 6.16 Å². The Balaban J connectivity index is 2.26. The van der Waals surface area contributed by atoms with E-state index in [1.807, 2.05) is 24.3 Å². The van der Waals surface area contributed by atoms with Gasteiger partial charge in [-0.25, -0.2) is 4.79 Å². The van der Waals surface area contributed by atoms with Gasteiger partial charge in [0.05, 0.1) is 13.2 Å². The van der Waals surface area contributed by atoms with Crippen LogP contribution in [0.2, 0.25) is 0 Å². The molecule has 0 heterocycles. The number of halogens is 1. The molecule has 1 aromatic carbocycles. The lowest BCUT2D eigenvalue weighted by atomic mass is 10.2. The second-order valence-corrected chi connectivity index (χ2v) is 4.15. The van der Waals surface area contributed by atoms with E-state index in [1.165, 1.54) is 3.57 Å². The van der Waals surface area contributed by atoms with Crippen LogP contribution in [0, 0.1) is 3.57 Å². The molecule has 0 unspecified atom stereocenters. The molecule has 1 aromatic rings. The predicted octanol–water partition coefficient (Wildman–Crippen LogP) is 3.01. The van der Waals surface area contributed by atoms with E-state index < -0.39 is 6.16 Å². The molecule has 0 aromatic heterocycles. The molecule has 0 saturated heterocycles. The highest BCUT2D eigenvalue weighted by atomic mass is 127.